The predicted molar refractivity (Wildman–Crippen MR) is 146 cm³/mol. The van der Waals surface area contributed by atoms with Gasteiger partial charge in [-0.1, -0.05) is 38.7 Å². The number of rotatable bonds is 9. The summed E-state index contributed by atoms with van der Waals surface area (Å²) in [6.07, 6.45) is 8.14. The van der Waals surface area contributed by atoms with Crippen molar-refractivity contribution in [2.24, 2.45) is 13.0 Å². The van der Waals surface area contributed by atoms with Crippen molar-refractivity contribution in [2.45, 2.75) is 27.7 Å². The number of amides is 2. The van der Waals surface area contributed by atoms with Crippen molar-refractivity contribution in [3.8, 4) is 11.5 Å². The minimum atomic E-state index is -0.736. The number of allylic oxidation sites excluding steroid dienone is 5. The predicted octanol–water partition coefficient (Wildman–Crippen LogP) is 5.27. The summed E-state index contributed by atoms with van der Waals surface area (Å²) >= 11 is 0. The summed E-state index contributed by atoms with van der Waals surface area (Å²) in [7, 11) is 1.67. The highest BCUT2D eigenvalue weighted by Gasteiger charge is 2.23. The number of hydrogen-bond donors (Lipinski definition) is 2. The summed E-state index contributed by atoms with van der Waals surface area (Å²) in [6, 6.07) is 6.90. The monoisotopic (exact) mass is 519 g/mol. The van der Waals surface area contributed by atoms with Gasteiger partial charge in [-0.3, -0.25) is 19.1 Å². The molecule has 2 heterocycles. The topological polar surface area (TPSA) is 107 Å². The lowest BCUT2D eigenvalue weighted by atomic mass is 10.2. The van der Waals surface area contributed by atoms with Crippen LogP contribution >= 0.6 is 0 Å². The molecule has 10 heteroatoms. The molecule has 0 bridgehead atoms. The summed E-state index contributed by atoms with van der Waals surface area (Å²) in [6.45, 7) is 10.6. The first-order valence-electron chi connectivity index (χ1n) is 11.9. The fourth-order valence-electron chi connectivity index (χ4n) is 3.51. The second-order valence-corrected chi connectivity index (χ2v) is 8.63. The van der Waals surface area contributed by atoms with E-state index in [1.165, 1.54) is 35.1 Å². The van der Waals surface area contributed by atoms with Gasteiger partial charge in [0, 0.05) is 37.0 Å². The number of benzene rings is 1. The summed E-state index contributed by atoms with van der Waals surface area (Å²) in [5.41, 5.74) is 0.578. The van der Waals surface area contributed by atoms with Crippen molar-refractivity contribution in [2.75, 3.05) is 10.6 Å². The van der Waals surface area contributed by atoms with Crippen LogP contribution in [0.25, 0.3) is 5.70 Å². The molecule has 0 unspecified atom stereocenters. The van der Waals surface area contributed by atoms with E-state index in [9.17, 15) is 18.8 Å². The van der Waals surface area contributed by atoms with Crippen LogP contribution in [0.2, 0.25) is 0 Å². The Kier molecular flexibility index (Phi) is 8.80. The summed E-state index contributed by atoms with van der Waals surface area (Å²) in [5.74, 6) is -1.41. The van der Waals surface area contributed by atoms with E-state index in [1.54, 1.807) is 63.7 Å². The molecule has 2 N–H and O–H groups in total. The number of hydrogen-bond acceptors (Lipinski definition) is 5. The molecule has 2 aromatic heterocycles. The van der Waals surface area contributed by atoms with E-state index in [-0.39, 0.29) is 40.4 Å². The van der Waals surface area contributed by atoms with Crippen LogP contribution in [0.5, 0.6) is 11.5 Å². The van der Waals surface area contributed by atoms with Crippen LogP contribution in [0.4, 0.5) is 15.9 Å². The maximum Gasteiger partial charge on any atom is 0.284 e. The van der Waals surface area contributed by atoms with Gasteiger partial charge < -0.3 is 15.4 Å². The van der Waals surface area contributed by atoms with Gasteiger partial charge in [-0.25, -0.2) is 14.1 Å². The quantitative estimate of drug-likeness (QED) is 0.375. The highest BCUT2D eigenvalue weighted by atomic mass is 19.1. The molecule has 2 amide bonds. The van der Waals surface area contributed by atoms with Gasteiger partial charge >= 0.3 is 0 Å². The molecule has 38 heavy (non-hydrogen) atoms. The number of nitrogens with one attached hydrogen (secondary N) is 2. The molecule has 0 aliphatic carbocycles. The van der Waals surface area contributed by atoms with Crippen LogP contribution in [-0.2, 0) is 11.8 Å². The van der Waals surface area contributed by atoms with Crippen molar-refractivity contribution in [3.63, 3.8) is 0 Å². The van der Waals surface area contributed by atoms with Crippen molar-refractivity contribution in [1.82, 2.24) is 14.3 Å². The molecule has 0 aliphatic heterocycles. The first-order valence-corrected chi connectivity index (χ1v) is 11.9. The van der Waals surface area contributed by atoms with Crippen LogP contribution in [0, 0.1) is 18.7 Å². The maximum atomic E-state index is 14.8. The van der Waals surface area contributed by atoms with Gasteiger partial charge in [-0.05, 0) is 38.1 Å². The molecule has 0 radical (unpaired) electrons. The highest BCUT2D eigenvalue weighted by molar-refractivity contribution is 6.05. The number of nitrogens with zero attached hydrogens (tertiary/aromatic N) is 3. The molecule has 0 aliphatic rings. The van der Waals surface area contributed by atoms with Crippen LogP contribution < -0.4 is 20.9 Å². The average molecular weight is 520 g/mol. The summed E-state index contributed by atoms with van der Waals surface area (Å²) in [5, 5.41) is 5.23. The van der Waals surface area contributed by atoms with E-state index in [4.69, 9.17) is 4.74 Å². The molecule has 3 rings (SSSR count). The van der Waals surface area contributed by atoms with Crippen molar-refractivity contribution < 1.29 is 18.7 Å². The second-order valence-electron chi connectivity index (χ2n) is 8.63. The normalized spacial score (nSPS) is 11.6. The molecular weight excluding hydrogens is 489 g/mol. The lowest BCUT2D eigenvalue weighted by molar-refractivity contribution is -0.118. The molecule has 0 saturated carbocycles. The van der Waals surface area contributed by atoms with E-state index in [1.807, 2.05) is 0 Å². The van der Waals surface area contributed by atoms with Crippen LogP contribution in [0.3, 0.4) is 0 Å². The third kappa shape index (κ3) is 6.15. The largest absolute Gasteiger partial charge is 0.454 e. The fourth-order valence-corrected chi connectivity index (χ4v) is 3.51. The lowest BCUT2D eigenvalue weighted by Gasteiger charge is -2.11. The van der Waals surface area contributed by atoms with Gasteiger partial charge in [0.1, 0.15) is 17.1 Å². The third-order valence-corrected chi connectivity index (χ3v) is 5.65. The van der Waals surface area contributed by atoms with Crippen molar-refractivity contribution in [3.05, 3.63) is 94.8 Å². The Hall–Kier alpha value is -4.73. The van der Waals surface area contributed by atoms with Crippen LogP contribution in [-0.4, -0.2) is 26.2 Å². The highest BCUT2D eigenvalue weighted by Crippen LogP contribution is 2.28. The van der Waals surface area contributed by atoms with Crippen molar-refractivity contribution >= 4 is 29.0 Å². The smallest absolute Gasteiger partial charge is 0.284 e. The van der Waals surface area contributed by atoms with E-state index >= 15 is 0 Å². The summed E-state index contributed by atoms with van der Waals surface area (Å²) < 4.78 is 23.4. The molecule has 0 spiro atoms. The Bertz CT molecular complexity index is 1500. The number of aromatic nitrogens is 3. The Morgan fingerprint density at radius 1 is 1.18 bits per heavy atom. The zero-order valence-electron chi connectivity index (χ0n) is 21.9. The van der Waals surface area contributed by atoms with Gasteiger partial charge in [-0.2, -0.15) is 0 Å². The molecule has 9 nitrogen and oxygen atoms in total. The van der Waals surface area contributed by atoms with Gasteiger partial charge in [0.25, 0.3) is 11.5 Å². The molecule has 0 saturated heterocycles. The number of anilines is 2. The Morgan fingerprint density at radius 3 is 2.55 bits per heavy atom. The van der Waals surface area contributed by atoms with Gasteiger partial charge in [-0.15, -0.1) is 0 Å². The van der Waals surface area contributed by atoms with Crippen molar-refractivity contribution in [1.29, 1.82) is 0 Å². The molecular formula is C28H30FN5O4. The molecule has 198 valence electrons. The average Bonchev–Trinajstić information content (AvgIpc) is 3.09. The summed E-state index contributed by atoms with van der Waals surface area (Å²) in [4.78, 5) is 42.1. The van der Waals surface area contributed by atoms with Crippen LogP contribution in [0.15, 0.2) is 72.2 Å². The number of pyridine rings is 1. The van der Waals surface area contributed by atoms with E-state index in [0.717, 1.165) is 6.07 Å². The fraction of sp³-hybridized carbons (Fsp3) is 0.214. The maximum absolute atomic E-state index is 14.8. The minimum absolute atomic E-state index is 0.0626. The van der Waals surface area contributed by atoms with E-state index in [0.29, 0.717) is 11.4 Å². The first kappa shape index (κ1) is 27.9. The first-order chi connectivity index (χ1) is 18.1. The zero-order chi connectivity index (χ0) is 28.0. The molecule has 1 aromatic carbocycles. The van der Waals surface area contributed by atoms with Crippen LogP contribution in [0.1, 0.15) is 36.8 Å². The Morgan fingerprint density at radius 2 is 1.92 bits per heavy atom. The van der Waals surface area contributed by atoms with E-state index in [2.05, 4.69) is 22.2 Å². The van der Waals surface area contributed by atoms with Gasteiger partial charge in [0.2, 0.25) is 5.91 Å². The minimum Gasteiger partial charge on any atom is -0.454 e. The number of halogens is 1. The third-order valence-electron chi connectivity index (χ3n) is 5.65. The molecule has 3 aromatic rings. The second kappa shape index (κ2) is 12.0. The van der Waals surface area contributed by atoms with E-state index < -0.39 is 17.3 Å². The number of carbonyl (C=O) groups is 2. The number of ether oxygens (including phenoxy) is 1. The molecule has 0 atom stereocenters. The zero-order valence-corrected chi connectivity index (χ0v) is 21.9. The Labute approximate surface area is 219 Å². The Balaban J connectivity index is 1.80. The number of carbonyl (C=O) groups excluding carboxylic acids is 2. The van der Waals surface area contributed by atoms with Gasteiger partial charge in [0.15, 0.2) is 11.6 Å². The lowest BCUT2D eigenvalue weighted by Crippen LogP contribution is -2.25. The van der Waals surface area contributed by atoms with Gasteiger partial charge in [0.05, 0.1) is 11.4 Å². The standard InChI is InChI=1S/C28H30FN5O4/c1-7-9-10-20(8-2)34-28(37)25(18(5)33(34)6)27(36)31-19-11-12-23(22(29)15-19)38-21-13-14-30-24(16-21)32-26(35)17(3)4/h7-17H,1H2,2-6H3,(H,31,36)(H,30,32,35)/b10-9-,20-8+. The SMILES string of the molecule is C=C/C=C\C(=C/C)n1c(=O)c(C(=O)Nc2ccc(Oc3ccnc(NC(=O)C(C)C)c3)c(F)c2)c(C)n1C. The molecule has 0 fully saturated rings.